The number of nitrogens with zero attached hydrogens (tertiary/aromatic N) is 2. The van der Waals surface area contributed by atoms with Gasteiger partial charge in [-0.3, -0.25) is 9.89 Å². The summed E-state index contributed by atoms with van der Waals surface area (Å²) in [6.45, 7) is 3.43. The van der Waals surface area contributed by atoms with Crippen LogP contribution in [0.2, 0.25) is 0 Å². The summed E-state index contributed by atoms with van der Waals surface area (Å²) >= 11 is 0. The molecule has 1 saturated heterocycles. The molecule has 18 heavy (non-hydrogen) atoms. The molecule has 2 heterocycles. The van der Waals surface area contributed by atoms with Crippen molar-refractivity contribution in [1.29, 1.82) is 0 Å². The lowest BCUT2D eigenvalue weighted by Crippen LogP contribution is -2.49. The first kappa shape index (κ1) is 11.6. The molecule has 0 radical (unpaired) electrons. The van der Waals surface area contributed by atoms with Crippen molar-refractivity contribution in [2.24, 2.45) is 0 Å². The Bertz CT molecular complexity index is 447. The molecule has 1 aromatic rings. The molecule has 6 heteroatoms. The van der Waals surface area contributed by atoms with E-state index < -0.39 is 0 Å². The Morgan fingerprint density at radius 3 is 2.83 bits per heavy atom. The number of carbonyl (C=O) groups excluding carboxylic acids is 1. The molecule has 1 aliphatic carbocycles. The lowest BCUT2D eigenvalue weighted by Gasteiger charge is -2.33. The van der Waals surface area contributed by atoms with Crippen LogP contribution in [0.5, 0.6) is 0 Å². The highest BCUT2D eigenvalue weighted by atomic mass is 16.5. The van der Waals surface area contributed by atoms with Gasteiger partial charge in [-0.05, 0) is 32.6 Å². The molecule has 0 spiro atoms. The Morgan fingerprint density at radius 2 is 2.17 bits per heavy atom. The second-order valence-corrected chi connectivity index (χ2v) is 5.45. The number of hydrogen-bond acceptors (Lipinski definition) is 4. The number of hydrogen-bond donors (Lipinski definition) is 2. The van der Waals surface area contributed by atoms with E-state index in [4.69, 9.17) is 4.74 Å². The van der Waals surface area contributed by atoms with Crippen molar-refractivity contribution in [3.63, 3.8) is 0 Å². The molecule has 1 saturated carbocycles. The van der Waals surface area contributed by atoms with Crippen LogP contribution < -0.4 is 5.32 Å². The summed E-state index contributed by atoms with van der Waals surface area (Å²) in [6, 6.07) is 0. The van der Waals surface area contributed by atoms with Crippen molar-refractivity contribution < 1.29 is 9.53 Å². The molecule has 1 aliphatic heterocycles. The summed E-state index contributed by atoms with van der Waals surface area (Å²) < 4.78 is 5.31. The maximum Gasteiger partial charge on any atom is 0.291 e. The highest BCUT2D eigenvalue weighted by Gasteiger charge is 2.32. The summed E-state index contributed by atoms with van der Waals surface area (Å²) in [5.41, 5.74) is -0.199. The van der Waals surface area contributed by atoms with Gasteiger partial charge in [0.2, 0.25) is 5.82 Å². The molecule has 2 fully saturated rings. The van der Waals surface area contributed by atoms with Crippen LogP contribution in [0.4, 0.5) is 0 Å². The lowest BCUT2D eigenvalue weighted by atomic mass is 9.92. The van der Waals surface area contributed by atoms with Crippen LogP contribution in [0.3, 0.4) is 0 Å². The molecule has 1 aromatic heterocycles. The lowest BCUT2D eigenvalue weighted by molar-refractivity contribution is 0.0419. The number of nitrogens with one attached hydrogen (secondary N) is 2. The number of ether oxygens (including phenoxy) is 1. The monoisotopic (exact) mass is 250 g/mol. The van der Waals surface area contributed by atoms with Gasteiger partial charge in [0.05, 0.1) is 0 Å². The molecule has 2 aliphatic rings. The molecular weight excluding hydrogens is 232 g/mol. The Hall–Kier alpha value is -1.43. The van der Waals surface area contributed by atoms with Crippen molar-refractivity contribution >= 4 is 5.91 Å². The second kappa shape index (κ2) is 4.35. The van der Waals surface area contributed by atoms with E-state index in [0.29, 0.717) is 19.1 Å². The minimum absolute atomic E-state index is 0.192. The predicted molar refractivity (Wildman–Crippen MR) is 64.3 cm³/mol. The fourth-order valence-electron chi connectivity index (χ4n) is 2.19. The second-order valence-electron chi connectivity index (χ2n) is 5.45. The third-order valence-electron chi connectivity index (χ3n) is 3.68. The molecule has 0 unspecified atom stereocenters. The fourth-order valence-corrected chi connectivity index (χ4v) is 2.19. The number of H-pyrrole nitrogens is 1. The zero-order valence-electron chi connectivity index (χ0n) is 10.5. The maximum absolute atomic E-state index is 12.1. The Kier molecular flexibility index (Phi) is 2.81. The quantitative estimate of drug-likeness (QED) is 0.838. The molecule has 2 N–H and O–H groups in total. The van der Waals surface area contributed by atoms with Crippen LogP contribution in [0.15, 0.2) is 0 Å². The number of aromatic amines is 1. The van der Waals surface area contributed by atoms with Crippen LogP contribution in [0.1, 0.15) is 55.0 Å². The van der Waals surface area contributed by atoms with Gasteiger partial charge < -0.3 is 10.1 Å². The van der Waals surface area contributed by atoms with Gasteiger partial charge in [0.15, 0.2) is 0 Å². The van der Waals surface area contributed by atoms with E-state index in [1.54, 1.807) is 0 Å². The highest BCUT2D eigenvalue weighted by Crippen LogP contribution is 2.37. The van der Waals surface area contributed by atoms with E-state index >= 15 is 0 Å². The van der Waals surface area contributed by atoms with Crippen molar-refractivity contribution in [2.45, 2.75) is 44.1 Å². The van der Waals surface area contributed by atoms with E-state index in [1.807, 2.05) is 6.92 Å². The standard InChI is InChI=1S/C12H18N4O2/c1-12(4-6-18-7-5-12)14-11(17)10-13-9(15-16-10)8-2-3-8/h8H,2-7H2,1H3,(H,14,17)(H,13,15,16). The van der Waals surface area contributed by atoms with Gasteiger partial charge in [-0.15, -0.1) is 5.10 Å². The van der Waals surface area contributed by atoms with Gasteiger partial charge in [-0.25, -0.2) is 4.98 Å². The third-order valence-corrected chi connectivity index (χ3v) is 3.68. The van der Waals surface area contributed by atoms with Gasteiger partial charge in [0.1, 0.15) is 5.82 Å². The topological polar surface area (TPSA) is 79.9 Å². The zero-order chi connectivity index (χ0) is 12.6. The molecule has 3 rings (SSSR count). The van der Waals surface area contributed by atoms with E-state index in [2.05, 4.69) is 20.5 Å². The Balaban J connectivity index is 1.65. The van der Waals surface area contributed by atoms with Crippen molar-refractivity contribution in [2.75, 3.05) is 13.2 Å². The minimum Gasteiger partial charge on any atom is -0.381 e. The third kappa shape index (κ3) is 2.38. The van der Waals surface area contributed by atoms with Gasteiger partial charge in [-0.1, -0.05) is 0 Å². The van der Waals surface area contributed by atoms with Crippen LogP contribution in [-0.2, 0) is 4.74 Å². The predicted octanol–water partition coefficient (Wildman–Crippen LogP) is 0.981. The van der Waals surface area contributed by atoms with Crippen molar-refractivity contribution in [1.82, 2.24) is 20.5 Å². The van der Waals surface area contributed by atoms with Crippen molar-refractivity contribution in [3.8, 4) is 0 Å². The normalized spacial score (nSPS) is 22.7. The van der Waals surface area contributed by atoms with Crippen LogP contribution in [-0.4, -0.2) is 39.8 Å². The first-order valence-corrected chi connectivity index (χ1v) is 6.49. The van der Waals surface area contributed by atoms with E-state index in [1.165, 1.54) is 0 Å². The Morgan fingerprint density at radius 1 is 1.44 bits per heavy atom. The fraction of sp³-hybridized carbons (Fsp3) is 0.750. The minimum atomic E-state index is -0.199. The first-order valence-electron chi connectivity index (χ1n) is 6.49. The molecule has 1 amide bonds. The zero-order valence-corrected chi connectivity index (χ0v) is 10.5. The summed E-state index contributed by atoms with van der Waals surface area (Å²) in [5.74, 6) is 1.39. The molecule has 0 atom stereocenters. The molecule has 6 nitrogen and oxygen atoms in total. The van der Waals surface area contributed by atoms with Crippen LogP contribution >= 0.6 is 0 Å². The van der Waals surface area contributed by atoms with Crippen LogP contribution in [0, 0.1) is 0 Å². The smallest absolute Gasteiger partial charge is 0.291 e. The number of amides is 1. The first-order chi connectivity index (χ1) is 8.66. The van der Waals surface area contributed by atoms with Gasteiger partial charge in [0, 0.05) is 24.7 Å². The molecule has 0 aromatic carbocycles. The van der Waals surface area contributed by atoms with Gasteiger partial charge >= 0.3 is 0 Å². The summed E-state index contributed by atoms with van der Waals surface area (Å²) in [5, 5.41) is 9.87. The van der Waals surface area contributed by atoms with E-state index in [-0.39, 0.29) is 17.3 Å². The summed E-state index contributed by atoms with van der Waals surface area (Å²) in [7, 11) is 0. The molecule has 98 valence electrons. The number of carbonyl (C=O) groups is 1. The average molecular weight is 250 g/mol. The summed E-state index contributed by atoms with van der Waals surface area (Å²) in [6.07, 6.45) is 3.95. The SMILES string of the molecule is CC1(NC(=O)c2n[nH]c(C3CC3)n2)CCOCC1. The van der Waals surface area contributed by atoms with Crippen molar-refractivity contribution in [3.05, 3.63) is 11.6 Å². The van der Waals surface area contributed by atoms with E-state index in [9.17, 15) is 4.79 Å². The Labute approximate surface area is 106 Å². The van der Waals surface area contributed by atoms with Gasteiger partial charge in [-0.2, -0.15) is 0 Å². The average Bonchev–Trinajstić information content (AvgIpc) is 3.07. The number of rotatable bonds is 3. The number of aromatic nitrogens is 3. The largest absolute Gasteiger partial charge is 0.381 e. The van der Waals surface area contributed by atoms with Crippen LogP contribution in [0.25, 0.3) is 0 Å². The highest BCUT2D eigenvalue weighted by molar-refractivity contribution is 5.90. The van der Waals surface area contributed by atoms with Gasteiger partial charge in [0.25, 0.3) is 5.91 Å². The molecular formula is C12H18N4O2. The maximum atomic E-state index is 12.1. The summed E-state index contributed by atoms with van der Waals surface area (Å²) in [4.78, 5) is 16.3. The molecule has 0 bridgehead atoms. The van der Waals surface area contributed by atoms with E-state index in [0.717, 1.165) is 31.5 Å².